The molecule has 0 bridgehead atoms. The van der Waals surface area contributed by atoms with Crippen LogP contribution in [-0.2, 0) is 5.41 Å². The van der Waals surface area contributed by atoms with Crippen molar-refractivity contribution < 1.29 is 4.39 Å². The van der Waals surface area contributed by atoms with E-state index in [0.29, 0.717) is 12.6 Å². The molecule has 0 heterocycles. The molecule has 3 nitrogen and oxygen atoms in total. The summed E-state index contributed by atoms with van der Waals surface area (Å²) in [5.74, 6) is 0.585. The maximum Gasteiger partial charge on any atom is 0.191 e. The van der Waals surface area contributed by atoms with E-state index in [1.807, 2.05) is 6.07 Å². The molecule has 0 saturated heterocycles. The Morgan fingerprint density at radius 3 is 2.65 bits per heavy atom. The Kier molecular flexibility index (Phi) is 5.99. The molecule has 0 aliphatic carbocycles. The average Bonchev–Trinajstić information content (AvgIpc) is 2.43. The average molecular weight is 279 g/mol. The minimum atomic E-state index is -0.197. The number of aliphatic imine (C=N–C) groups is 1. The highest BCUT2D eigenvalue weighted by atomic mass is 19.1. The molecule has 20 heavy (non-hydrogen) atoms. The third kappa shape index (κ3) is 4.83. The van der Waals surface area contributed by atoms with E-state index in [9.17, 15) is 4.39 Å². The van der Waals surface area contributed by atoms with Crippen LogP contribution in [0.2, 0.25) is 0 Å². The highest BCUT2D eigenvalue weighted by molar-refractivity contribution is 5.80. The van der Waals surface area contributed by atoms with Gasteiger partial charge in [0.05, 0.1) is 0 Å². The van der Waals surface area contributed by atoms with Crippen molar-refractivity contribution in [2.24, 2.45) is 4.99 Å². The van der Waals surface area contributed by atoms with Crippen molar-refractivity contribution in [3.8, 4) is 0 Å². The summed E-state index contributed by atoms with van der Waals surface area (Å²) in [6.45, 7) is 9.11. The zero-order valence-electron chi connectivity index (χ0n) is 13.1. The number of nitrogens with zero attached hydrogens (tertiary/aromatic N) is 1. The molecule has 0 saturated carbocycles. The number of nitrogens with one attached hydrogen (secondary N) is 2. The van der Waals surface area contributed by atoms with Gasteiger partial charge in [-0.3, -0.25) is 4.99 Å². The lowest BCUT2D eigenvalue weighted by Crippen LogP contribution is -2.46. The predicted octanol–water partition coefficient (Wildman–Crippen LogP) is 3.07. The largest absolute Gasteiger partial charge is 0.356 e. The lowest BCUT2D eigenvalue weighted by atomic mass is 9.84. The van der Waals surface area contributed by atoms with Crippen LogP contribution in [0.3, 0.4) is 0 Å². The molecular formula is C16H26FN3. The van der Waals surface area contributed by atoms with Crippen molar-refractivity contribution in [1.29, 1.82) is 0 Å². The summed E-state index contributed by atoms with van der Waals surface area (Å²) >= 11 is 0. The normalized spacial score (nSPS) is 14.0. The van der Waals surface area contributed by atoms with Gasteiger partial charge in [0, 0.05) is 25.0 Å². The van der Waals surface area contributed by atoms with Crippen molar-refractivity contribution in [3.05, 3.63) is 35.6 Å². The lowest BCUT2D eigenvalue weighted by molar-refractivity contribution is 0.499. The summed E-state index contributed by atoms with van der Waals surface area (Å²) in [4.78, 5) is 4.21. The van der Waals surface area contributed by atoms with Gasteiger partial charge in [0.25, 0.3) is 0 Å². The van der Waals surface area contributed by atoms with Crippen LogP contribution in [0.1, 0.15) is 39.7 Å². The first-order valence-corrected chi connectivity index (χ1v) is 7.12. The topological polar surface area (TPSA) is 36.4 Å². The Morgan fingerprint density at radius 2 is 2.10 bits per heavy atom. The molecule has 4 heteroatoms. The maximum absolute atomic E-state index is 13.3. The molecule has 1 unspecified atom stereocenters. The summed E-state index contributed by atoms with van der Waals surface area (Å²) in [6.07, 6.45) is 1.04. The van der Waals surface area contributed by atoms with E-state index in [1.165, 1.54) is 6.07 Å². The van der Waals surface area contributed by atoms with Gasteiger partial charge in [0.1, 0.15) is 5.82 Å². The number of hydrogen-bond acceptors (Lipinski definition) is 1. The zero-order valence-corrected chi connectivity index (χ0v) is 13.1. The van der Waals surface area contributed by atoms with Crippen LogP contribution in [0.5, 0.6) is 0 Å². The summed E-state index contributed by atoms with van der Waals surface area (Å²) in [6, 6.07) is 7.13. The summed E-state index contributed by atoms with van der Waals surface area (Å²) in [5.41, 5.74) is 0.804. The monoisotopic (exact) mass is 279 g/mol. The van der Waals surface area contributed by atoms with Crippen molar-refractivity contribution in [1.82, 2.24) is 10.6 Å². The summed E-state index contributed by atoms with van der Waals surface area (Å²) in [5, 5.41) is 6.63. The fourth-order valence-electron chi connectivity index (χ4n) is 1.85. The SMILES string of the molecule is CCC(C)NC(=NC)NCC(C)(C)c1cccc(F)c1. The smallest absolute Gasteiger partial charge is 0.191 e. The molecule has 1 aromatic rings. The zero-order chi connectivity index (χ0) is 15.2. The van der Waals surface area contributed by atoms with Crippen molar-refractivity contribution >= 4 is 5.96 Å². The molecule has 0 aliphatic rings. The Hall–Kier alpha value is -1.58. The van der Waals surface area contributed by atoms with Crippen LogP contribution in [0.25, 0.3) is 0 Å². The van der Waals surface area contributed by atoms with Gasteiger partial charge >= 0.3 is 0 Å². The Morgan fingerprint density at radius 1 is 1.40 bits per heavy atom. The van der Waals surface area contributed by atoms with E-state index < -0.39 is 0 Å². The molecule has 0 radical (unpaired) electrons. The fraction of sp³-hybridized carbons (Fsp3) is 0.562. The van der Waals surface area contributed by atoms with Gasteiger partial charge in [-0.1, -0.05) is 32.9 Å². The first-order chi connectivity index (χ1) is 9.39. The van der Waals surface area contributed by atoms with Crippen molar-refractivity contribution in [3.63, 3.8) is 0 Å². The quantitative estimate of drug-likeness (QED) is 0.642. The van der Waals surface area contributed by atoms with Gasteiger partial charge in [-0.05, 0) is 31.0 Å². The van der Waals surface area contributed by atoms with Crippen LogP contribution in [0, 0.1) is 5.82 Å². The first-order valence-electron chi connectivity index (χ1n) is 7.12. The maximum atomic E-state index is 13.3. The molecule has 0 aliphatic heterocycles. The van der Waals surface area contributed by atoms with Crippen molar-refractivity contribution in [2.45, 2.75) is 45.6 Å². The van der Waals surface area contributed by atoms with E-state index in [0.717, 1.165) is 17.9 Å². The standard InChI is InChI=1S/C16H26FN3/c1-6-12(2)20-15(18-5)19-11-16(3,4)13-8-7-9-14(17)10-13/h7-10,12H,6,11H2,1-5H3,(H2,18,19,20). The van der Waals surface area contributed by atoms with Crippen LogP contribution < -0.4 is 10.6 Å². The van der Waals surface area contributed by atoms with Crippen molar-refractivity contribution in [2.75, 3.05) is 13.6 Å². The molecule has 0 aromatic heterocycles. The molecular weight excluding hydrogens is 253 g/mol. The van der Waals surface area contributed by atoms with Crippen LogP contribution in [-0.4, -0.2) is 25.6 Å². The molecule has 0 spiro atoms. The Bertz CT molecular complexity index is 455. The number of halogens is 1. The van der Waals surface area contributed by atoms with E-state index in [4.69, 9.17) is 0 Å². The summed E-state index contributed by atoms with van der Waals surface area (Å²) < 4.78 is 13.3. The van der Waals surface area contributed by atoms with E-state index >= 15 is 0 Å². The molecule has 1 atom stereocenters. The molecule has 0 fully saturated rings. The minimum absolute atomic E-state index is 0.171. The van der Waals surface area contributed by atoms with Gasteiger partial charge < -0.3 is 10.6 Å². The first kappa shape index (κ1) is 16.5. The number of hydrogen-bond donors (Lipinski definition) is 2. The second kappa shape index (κ2) is 7.27. The Labute approximate surface area is 121 Å². The molecule has 2 N–H and O–H groups in total. The lowest BCUT2D eigenvalue weighted by Gasteiger charge is -2.27. The van der Waals surface area contributed by atoms with Crippen LogP contribution >= 0.6 is 0 Å². The van der Waals surface area contributed by atoms with Gasteiger partial charge in [0.2, 0.25) is 0 Å². The van der Waals surface area contributed by atoms with Gasteiger partial charge in [0.15, 0.2) is 5.96 Å². The van der Waals surface area contributed by atoms with Gasteiger partial charge in [-0.15, -0.1) is 0 Å². The molecule has 1 aromatic carbocycles. The number of rotatable bonds is 5. The highest BCUT2D eigenvalue weighted by Crippen LogP contribution is 2.22. The van der Waals surface area contributed by atoms with E-state index in [-0.39, 0.29) is 11.2 Å². The van der Waals surface area contributed by atoms with E-state index in [2.05, 4.69) is 43.3 Å². The second-order valence-electron chi connectivity index (χ2n) is 5.77. The fourth-order valence-corrected chi connectivity index (χ4v) is 1.85. The molecule has 1 rings (SSSR count). The van der Waals surface area contributed by atoms with Gasteiger partial charge in [-0.2, -0.15) is 0 Å². The third-order valence-electron chi connectivity index (χ3n) is 3.52. The third-order valence-corrected chi connectivity index (χ3v) is 3.52. The number of guanidine groups is 1. The summed E-state index contributed by atoms with van der Waals surface area (Å²) in [7, 11) is 1.76. The highest BCUT2D eigenvalue weighted by Gasteiger charge is 2.21. The Balaban J connectivity index is 2.67. The molecule has 0 amide bonds. The second-order valence-corrected chi connectivity index (χ2v) is 5.77. The van der Waals surface area contributed by atoms with E-state index in [1.54, 1.807) is 19.2 Å². The van der Waals surface area contributed by atoms with Gasteiger partial charge in [-0.25, -0.2) is 4.39 Å². The molecule has 112 valence electrons. The van der Waals surface area contributed by atoms with Crippen LogP contribution in [0.15, 0.2) is 29.3 Å². The minimum Gasteiger partial charge on any atom is -0.356 e. The van der Waals surface area contributed by atoms with Crippen LogP contribution in [0.4, 0.5) is 4.39 Å². The predicted molar refractivity (Wildman–Crippen MR) is 83.7 cm³/mol. The number of benzene rings is 1.